The lowest BCUT2D eigenvalue weighted by Crippen LogP contribution is -2.50. The van der Waals surface area contributed by atoms with Gasteiger partial charge in [-0.2, -0.15) is 0 Å². The van der Waals surface area contributed by atoms with Crippen molar-refractivity contribution >= 4 is 11.9 Å². The topological polar surface area (TPSA) is 60.9 Å². The molecule has 1 fully saturated rings. The highest BCUT2D eigenvalue weighted by Crippen LogP contribution is 2.11. The van der Waals surface area contributed by atoms with Gasteiger partial charge in [0.1, 0.15) is 5.82 Å². The number of benzene rings is 1. The molecule has 0 atom stereocenters. The van der Waals surface area contributed by atoms with Gasteiger partial charge >= 0.3 is 5.97 Å². The zero-order valence-corrected chi connectivity index (χ0v) is 11.1. The first-order valence-electron chi connectivity index (χ1n) is 6.51. The number of rotatable bonds is 5. The summed E-state index contributed by atoms with van der Waals surface area (Å²) < 4.78 is 13.1. The zero-order valence-electron chi connectivity index (χ0n) is 11.1. The second-order valence-corrected chi connectivity index (χ2v) is 4.87. The standard InChI is InChI=1S/C14H17FN2O3/c15-12-3-1-2-11(8-12)9-17-7-6-16(10-13(17)18)5-4-14(19)20/h1-3,8H,4-7,9-10H2,(H,19,20). The lowest BCUT2D eigenvalue weighted by atomic mass is 10.2. The van der Waals surface area contributed by atoms with Crippen molar-refractivity contribution in [1.29, 1.82) is 0 Å². The fraction of sp³-hybridized carbons (Fsp3) is 0.429. The Hall–Kier alpha value is -1.95. The Bertz CT molecular complexity index is 507. The van der Waals surface area contributed by atoms with Crippen molar-refractivity contribution in [3.63, 3.8) is 0 Å². The number of hydrogen-bond acceptors (Lipinski definition) is 3. The molecule has 0 aliphatic carbocycles. The van der Waals surface area contributed by atoms with Gasteiger partial charge in [0.15, 0.2) is 0 Å². The summed E-state index contributed by atoms with van der Waals surface area (Å²) in [6.45, 7) is 2.18. The molecule has 1 amide bonds. The molecule has 5 nitrogen and oxygen atoms in total. The van der Waals surface area contributed by atoms with E-state index in [-0.39, 0.29) is 24.7 Å². The highest BCUT2D eigenvalue weighted by molar-refractivity contribution is 5.79. The normalized spacial score (nSPS) is 16.4. The number of carbonyl (C=O) groups is 2. The van der Waals surface area contributed by atoms with E-state index in [4.69, 9.17) is 5.11 Å². The van der Waals surface area contributed by atoms with Gasteiger partial charge in [-0.1, -0.05) is 12.1 Å². The molecule has 1 aromatic rings. The van der Waals surface area contributed by atoms with Crippen LogP contribution in [-0.2, 0) is 16.1 Å². The maximum absolute atomic E-state index is 13.1. The van der Waals surface area contributed by atoms with E-state index in [9.17, 15) is 14.0 Å². The fourth-order valence-corrected chi connectivity index (χ4v) is 2.22. The lowest BCUT2D eigenvalue weighted by molar-refractivity contribution is -0.140. The van der Waals surface area contributed by atoms with E-state index in [2.05, 4.69) is 0 Å². The van der Waals surface area contributed by atoms with Gasteiger partial charge in [-0.25, -0.2) is 4.39 Å². The minimum absolute atomic E-state index is 0.0389. The number of carboxylic acids is 1. The summed E-state index contributed by atoms with van der Waals surface area (Å²) in [6.07, 6.45) is 0.0389. The van der Waals surface area contributed by atoms with Crippen LogP contribution < -0.4 is 0 Å². The molecular formula is C14H17FN2O3. The summed E-state index contributed by atoms with van der Waals surface area (Å²) in [5.41, 5.74) is 0.761. The third-order valence-electron chi connectivity index (χ3n) is 3.30. The summed E-state index contributed by atoms with van der Waals surface area (Å²) in [5, 5.41) is 8.63. The predicted octanol–water partition coefficient (Wildman–Crippen LogP) is 0.945. The molecule has 0 radical (unpaired) electrons. The third-order valence-corrected chi connectivity index (χ3v) is 3.30. The highest BCUT2D eigenvalue weighted by atomic mass is 19.1. The third kappa shape index (κ3) is 4.03. The molecule has 0 spiro atoms. The summed E-state index contributed by atoms with van der Waals surface area (Å²) >= 11 is 0. The number of carboxylic acid groups (broad SMARTS) is 1. The fourth-order valence-electron chi connectivity index (χ4n) is 2.22. The number of halogens is 1. The van der Waals surface area contributed by atoms with Crippen molar-refractivity contribution in [2.75, 3.05) is 26.2 Å². The van der Waals surface area contributed by atoms with Crippen molar-refractivity contribution in [1.82, 2.24) is 9.80 Å². The number of nitrogens with zero attached hydrogens (tertiary/aromatic N) is 2. The first-order valence-corrected chi connectivity index (χ1v) is 6.51. The van der Waals surface area contributed by atoms with Crippen LogP contribution in [0.4, 0.5) is 4.39 Å². The van der Waals surface area contributed by atoms with E-state index in [0.29, 0.717) is 26.2 Å². The molecular weight excluding hydrogens is 263 g/mol. The molecule has 0 bridgehead atoms. The van der Waals surface area contributed by atoms with Crippen LogP contribution in [0.1, 0.15) is 12.0 Å². The number of piperazine rings is 1. The first-order chi connectivity index (χ1) is 9.54. The average molecular weight is 280 g/mol. The van der Waals surface area contributed by atoms with Crippen molar-refractivity contribution in [2.45, 2.75) is 13.0 Å². The highest BCUT2D eigenvalue weighted by Gasteiger charge is 2.24. The Balaban J connectivity index is 1.87. The number of carbonyl (C=O) groups excluding carboxylic acids is 1. The van der Waals surface area contributed by atoms with Gasteiger partial charge in [-0.05, 0) is 17.7 Å². The monoisotopic (exact) mass is 280 g/mol. The quantitative estimate of drug-likeness (QED) is 0.872. The van der Waals surface area contributed by atoms with Gasteiger partial charge in [0.25, 0.3) is 0 Å². The molecule has 2 rings (SSSR count). The minimum atomic E-state index is -0.861. The van der Waals surface area contributed by atoms with Crippen molar-refractivity contribution in [3.8, 4) is 0 Å². The molecule has 0 saturated carbocycles. The maximum Gasteiger partial charge on any atom is 0.304 e. The Labute approximate surface area is 116 Å². The van der Waals surface area contributed by atoms with E-state index in [0.717, 1.165) is 5.56 Å². The summed E-state index contributed by atoms with van der Waals surface area (Å²) in [5.74, 6) is -1.22. The van der Waals surface area contributed by atoms with Gasteiger partial charge in [-0.3, -0.25) is 14.5 Å². The largest absolute Gasteiger partial charge is 0.481 e. The SMILES string of the molecule is O=C(O)CCN1CCN(Cc2cccc(F)c2)C(=O)C1. The lowest BCUT2D eigenvalue weighted by Gasteiger charge is -2.34. The molecule has 1 N–H and O–H groups in total. The number of hydrogen-bond donors (Lipinski definition) is 1. The molecule has 1 aromatic carbocycles. The number of amides is 1. The van der Waals surface area contributed by atoms with Crippen LogP contribution in [0.2, 0.25) is 0 Å². The van der Waals surface area contributed by atoms with Gasteiger partial charge in [0.05, 0.1) is 13.0 Å². The molecule has 108 valence electrons. The van der Waals surface area contributed by atoms with E-state index in [1.165, 1.54) is 12.1 Å². The molecule has 0 aromatic heterocycles. The Kier molecular flexibility index (Phi) is 4.68. The zero-order chi connectivity index (χ0) is 14.5. The predicted molar refractivity (Wildman–Crippen MR) is 70.5 cm³/mol. The Morgan fingerprint density at radius 2 is 2.15 bits per heavy atom. The number of aliphatic carboxylic acids is 1. The second kappa shape index (κ2) is 6.47. The first kappa shape index (κ1) is 14.5. The van der Waals surface area contributed by atoms with Gasteiger partial charge in [-0.15, -0.1) is 0 Å². The van der Waals surface area contributed by atoms with E-state index >= 15 is 0 Å². The Morgan fingerprint density at radius 1 is 1.35 bits per heavy atom. The van der Waals surface area contributed by atoms with Crippen LogP contribution in [0.3, 0.4) is 0 Å². The molecule has 1 saturated heterocycles. The van der Waals surface area contributed by atoms with Crippen LogP contribution in [0, 0.1) is 5.82 Å². The molecule has 1 aliphatic heterocycles. The van der Waals surface area contributed by atoms with Crippen molar-refractivity contribution in [2.24, 2.45) is 0 Å². The maximum atomic E-state index is 13.1. The summed E-state index contributed by atoms with van der Waals surface area (Å²) in [6, 6.07) is 6.20. The molecule has 6 heteroatoms. The Morgan fingerprint density at radius 3 is 2.80 bits per heavy atom. The summed E-state index contributed by atoms with van der Waals surface area (Å²) in [4.78, 5) is 26.0. The minimum Gasteiger partial charge on any atom is -0.481 e. The van der Waals surface area contributed by atoms with Crippen LogP contribution in [-0.4, -0.2) is 53.0 Å². The van der Waals surface area contributed by atoms with E-state index in [1.807, 2.05) is 4.90 Å². The van der Waals surface area contributed by atoms with Crippen molar-refractivity contribution < 1.29 is 19.1 Å². The second-order valence-electron chi connectivity index (χ2n) is 4.87. The van der Waals surface area contributed by atoms with Crippen LogP contribution in [0.5, 0.6) is 0 Å². The van der Waals surface area contributed by atoms with E-state index < -0.39 is 5.97 Å². The van der Waals surface area contributed by atoms with Gasteiger partial charge in [0.2, 0.25) is 5.91 Å². The molecule has 20 heavy (non-hydrogen) atoms. The van der Waals surface area contributed by atoms with Gasteiger partial charge in [0, 0.05) is 26.2 Å². The molecule has 1 aliphatic rings. The van der Waals surface area contributed by atoms with E-state index in [1.54, 1.807) is 17.0 Å². The van der Waals surface area contributed by atoms with Crippen LogP contribution in [0.15, 0.2) is 24.3 Å². The smallest absolute Gasteiger partial charge is 0.304 e. The van der Waals surface area contributed by atoms with Gasteiger partial charge < -0.3 is 10.0 Å². The van der Waals surface area contributed by atoms with Crippen molar-refractivity contribution in [3.05, 3.63) is 35.6 Å². The van der Waals surface area contributed by atoms with Crippen LogP contribution >= 0.6 is 0 Å². The van der Waals surface area contributed by atoms with Crippen LogP contribution in [0.25, 0.3) is 0 Å². The molecule has 0 unspecified atom stereocenters. The summed E-state index contributed by atoms with van der Waals surface area (Å²) in [7, 11) is 0. The average Bonchev–Trinajstić information content (AvgIpc) is 2.39. The molecule has 1 heterocycles.